The lowest BCUT2D eigenvalue weighted by molar-refractivity contribution is 0.289. The van der Waals surface area contributed by atoms with Crippen molar-refractivity contribution in [3.05, 3.63) is 59.9 Å². The second kappa shape index (κ2) is 6.59. The minimum Gasteiger partial charge on any atom is -0.358 e. The Labute approximate surface area is 120 Å². The number of nitrogens with zero attached hydrogens (tertiary/aromatic N) is 1. The molecule has 0 fully saturated rings. The summed E-state index contributed by atoms with van der Waals surface area (Å²) in [5.74, 6) is 0. The molecule has 0 atom stereocenters. The van der Waals surface area contributed by atoms with Gasteiger partial charge in [0, 0.05) is 38.6 Å². The van der Waals surface area contributed by atoms with Crippen LogP contribution in [0.4, 0.5) is 0 Å². The minimum atomic E-state index is 0.140. The number of hydrogen-bond acceptors (Lipinski definition) is 4. The number of rotatable bonds is 5. The van der Waals surface area contributed by atoms with Crippen molar-refractivity contribution in [1.82, 2.24) is 20.9 Å². The summed E-state index contributed by atoms with van der Waals surface area (Å²) in [5, 5.41) is 9.87. The molecule has 3 N–H and O–H groups in total. The smallest absolute Gasteiger partial charge is 0.152 e. The fraction of sp³-hybridized carbons (Fsp3) is 0.375. The van der Waals surface area contributed by atoms with Gasteiger partial charge in [-0.1, -0.05) is 36.4 Å². The van der Waals surface area contributed by atoms with E-state index in [-0.39, 0.29) is 6.29 Å². The molecule has 1 aromatic carbocycles. The molecule has 0 spiro atoms. The summed E-state index contributed by atoms with van der Waals surface area (Å²) in [6.07, 6.45) is 9.69. The fourth-order valence-corrected chi connectivity index (χ4v) is 2.63. The molecular weight excluding hydrogens is 248 g/mol. The van der Waals surface area contributed by atoms with Crippen LogP contribution in [0.5, 0.6) is 0 Å². The summed E-state index contributed by atoms with van der Waals surface area (Å²) in [6.45, 7) is 4.13. The van der Waals surface area contributed by atoms with Gasteiger partial charge in [0.15, 0.2) is 6.29 Å². The van der Waals surface area contributed by atoms with Gasteiger partial charge in [-0.2, -0.15) is 0 Å². The normalized spacial score (nSPS) is 19.0. The summed E-state index contributed by atoms with van der Waals surface area (Å²) in [6, 6.07) is 8.70. The van der Waals surface area contributed by atoms with E-state index in [0.717, 1.165) is 26.2 Å². The molecule has 0 radical (unpaired) electrons. The summed E-state index contributed by atoms with van der Waals surface area (Å²) in [5.41, 5.74) is 2.79. The Morgan fingerprint density at radius 2 is 1.90 bits per heavy atom. The zero-order valence-corrected chi connectivity index (χ0v) is 11.7. The van der Waals surface area contributed by atoms with Gasteiger partial charge in [-0.3, -0.25) is 10.2 Å². The third kappa shape index (κ3) is 3.40. The van der Waals surface area contributed by atoms with E-state index in [1.54, 1.807) is 0 Å². The highest BCUT2D eigenvalue weighted by Gasteiger charge is 2.11. The molecule has 2 aliphatic rings. The van der Waals surface area contributed by atoms with Gasteiger partial charge in [0.2, 0.25) is 0 Å². The molecule has 106 valence electrons. The summed E-state index contributed by atoms with van der Waals surface area (Å²) < 4.78 is 0. The van der Waals surface area contributed by atoms with Crippen LogP contribution >= 0.6 is 0 Å². The molecule has 0 saturated carbocycles. The van der Waals surface area contributed by atoms with Crippen molar-refractivity contribution in [3.8, 4) is 0 Å². The van der Waals surface area contributed by atoms with Crippen molar-refractivity contribution < 1.29 is 0 Å². The first kappa shape index (κ1) is 13.2. The Morgan fingerprint density at radius 3 is 2.65 bits per heavy atom. The lowest BCUT2D eigenvalue weighted by Gasteiger charge is -2.24. The molecule has 2 heterocycles. The van der Waals surface area contributed by atoms with Gasteiger partial charge in [0.05, 0.1) is 0 Å². The van der Waals surface area contributed by atoms with Crippen LogP contribution in [0.3, 0.4) is 0 Å². The topological polar surface area (TPSA) is 39.3 Å². The Hall–Kier alpha value is -1.78. The highest BCUT2D eigenvalue weighted by Crippen LogP contribution is 2.14. The van der Waals surface area contributed by atoms with E-state index in [4.69, 9.17) is 0 Å². The maximum Gasteiger partial charge on any atom is 0.152 e. The van der Waals surface area contributed by atoms with Crippen LogP contribution in [0, 0.1) is 0 Å². The zero-order valence-electron chi connectivity index (χ0n) is 11.7. The largest absolute Gasteiger partial charge is 0.358 e. The van der Waals surface area contributed by atoms with E-state index in [0.29, 0.717) is 0 Å². The highest BCUT2D eigenvalue weighted by atomic mass is 15.3. The fourth-order valence-electron chi connectivity index (χ4n) is 2.63. The van der Waals surface area contributed by atoms with Gasteiger partial charge in [-0.15, -0.1) is 0 Å². The van der Waals surface area contributed by atoms with Crippen LogP contribution in [0.15, 0.2) is 48.8 Å². The molecule has 0 amide bonds. The lowest BCUT2D eigenvalue weighted by atomic mass is 10.1. The standard InChI is InChI=1S/C16H22N4/c1-4-10-20(11-5-1)13-15-7-3-2-6-14(15)12-19-16-17-8-9-18-16/h1-4,6-9,16-19H,5,10-13H2. The van der Waals surface area contributed by atoms with Gasteiger partial charge in [0.25, 0.3) is 0 Å². The molecule has 0 unspecified atom stereocenters. The number of benzene rings is 1. The number of hydrogen-bond donors (Lipinski definition) is 3. The quantitative estimate of drug-likeness (QED) is 0.709. The van der Waals surface area contributed by atoms with Gasteiger partial charge >= 0.3 is 0 Å². The van der Waals surface area contributed by atoms with Crippen LogP contribution < -0.4 is 16.0 Å². The van der Waals surface area contributed by atoms with Crippen LogP contribution in [0.2, 0.25) is 0 Å². The van der Waals surface area contributed by atoms with Crippen LogP contribution in [-0.4, -0.2) is 24.3 Å². The predicted octanol–water partition coefficient (Wildman–Crippen LogP) is 1.49. The molecule has 0 saturated heterocycles. The average Bonchev–Trinajstić information content (AvgIpc) is 3.01. The second-order valence-electron chi connectivity index (χ2n) is 5.24. The van der Waals surface area contributed by atoms with Gasteiger partial charge in [0.1, 0.15) is 0 Å². The van der Waals surface area contributed by atoms with E-state index in [1.807, 2.05) is 12.4 Å². The molecule has 4 heteroatoms. The SMILES string of the molecule is C1=CCN(Cc2ccccc2CNC2NC=CN2)CC1. The third-order valence-corrected chi connectivity index (χ3v) is 3.76. The maximum atomic E-state index is 3.46. The van der Waals surface area contributed by atoms with Gasteiger partial charge in [-0.05, 0) is 17.5 Å². The molecule has 2 aliphatic heterocycles. The van der Waals surface area contributed by atoms with Gasteiger partial charge in [-0.25, -0.2) is 0 Å². The molecule has 0 aliphatic carbocycles. The summed E-state index contributed by atoms with van der Waals surface area (Å²) >= 11 is 0. The van der Waals surface area contributed by atoms with E-state index in [1.165, 1.54) is 17.5 Å². The molecule has 3 rings (SSSR count). The monoisotopic (exact) mass is 270 g/mol. The van der Waals surface area contributed by atoms with Crippen molar-refractivity contribution in [2.75, 3.05) is 13.1 Å². The van der Waals surface area contributed by atoms with Crippen molar-refractivity contribution in [3.63, 3.8) is 0 Å². The van der Waals surface area contributed by atoms with Crippen molar-refractivity contribution in [2.45, 2.75) is 25.8 Å². The third-order valence-electron chi connectivity index (χ3n) is 3.76. The first-order valence-corrected chi connectivity index (χ1v) is 7.26. The van der Waals surface area contributed by atoms with E-state index in [2.05, 4.69) is 57.3 Å². The van der Waals surface area contributed by atoms with Crippen LogP contribution in [-0.2, 0) is 13.1 Å². The first-order valence-electron chi connectivity index (χ1n) is 7.26. The Morgan fingerprint density at radius 1 is 1.10 bits per heavy atom. The van der Waals surface area contributed by atoms with Crippen LogP contribution in [0.25, 0.3) is 0 Å². The Balaban J connectivity index is 1.60. The summed E-state index contributed by atoms with van der Waals surface area (Å²) in [7, 11) is 0. The lowest BCUT2D eigenvalue weighted by Crippen LogP contribution is -2.44. The average molecular weight is 270 g/mol. The van der Waals surface area contributed by atoms with E-state index >= 15 is 0 Å². The summed E-state index contributed by atoms with van der Waals surface area (Å²) in [4.78, 5) is 2.49. The number of nitrogens with one attached hydrogen (secondary N) is 3. The minimum absolute atomic E-state index is 0.140. The van der Waals surface area contributed by atoms with E-state index < -0.39 is 0 Å². The highest BCUT2D eigenvalue weighted by molar-refractivity contribution is 5.27. The van der Waals surface area contributed by atoms with Gasteiger partial charge < -0.3 is 10.6 Å². The Bertz CT molecular complexity index is 487. The predicted molar refractivity (Wildman–Crippen MR) is 81.5 cm³/mol. The zero-order chi connectivity index (χ0) is 13.6. The first-order chi connectivity index (χ1) is 9.92. The molecule has 0 aromatic heterocycles. The molecule has 1 aromatic rings. The van der Waals surface area contributed by atoms with E-state index in [9.17, 15) is 0 Å². The van der Waals surface area contributed by atoms with Crippen molar-refractivity contribution in [1.29, 1.82) is 0 Å². The second-order valence-corrected chi connectivity index (χ2v) is 5.24. The van der Waals surface area contributed by atoms with Crippen LogP contribution in [0.1, 0.15) is 17.5 Å². The molecular formula is C16H22N4. The molecule has 20 heavy (non-hydrogen) atoms. The molecule has 4 nitrogen and oxygen atoms in total. The van der Waals surface area contributed by atoms with Crippen molar-refractivity contribution >= 4 is 0 Å². The Kier molecular flexibility index (Phi) is 4.35. The maximum absolute atomic E-state index is 3.46. The van der Waals surface area contributed by atoms with Crippen molar-refractivity contribution in [2.24, 2.45) is 0 Å². The molecule has 0 bridgehead atoms.